The maximum absolute atomic E-state index is 5.91. The number of hydrogen-bond acceptors (Lipinski definition) is 9. The van der Waals surface area contributed by atoms with Gasteiger partial charge in [0.25, 0.3) is 5.89 Å². The van der Waals surface area contributed by atoms with Crippen molar-refractivity contribution in [1.82, 2.24) is 20.2 Å². The molecule has 0 aliphatic carbocycles. The average Bonchev–Trinajstić information content (AvgIpc) is 3.42. The van der Waals surface area contributed by atoms with E-state index in [9.17, 15) is 0 Å². The van der Waals surface area contributed by atoms with Crippen molar-refractivity contribution in [2.24, 2.45) is 0 Å². The third-order valence-electron chi connectivity index (χ3n) is 5.49. The van der Waals surface area contributed by atoms with E-state index < -0.39 is 0 Å². The molecule has 0 amide bonds. The fraction of sp³-hybridized carbons (Fsp3) is 0.154. The summed E-state index contributed by atoms with van der Waals surface area (Å²) in [5.74, 6) is 3.80. The Bertz CT molecular complexity index is 1470. The number of hydrogen-bond donors (Lipinski definition) is 1. The van der Waals surface area contributed by atoms with Crippen LogP contribution in [-0.4, -0.2) is 41.5 Å². The molecule has 0 atom stereocenters. The van der Waals surface area contributed by atoms with Crippen LogP contribution in [0, 0.1) is 0 Å². The third kappa shape index (κ3) is 4.56. The van der Waals surface area contributed by atoms with Crippen molar-refractivity contribution in [3.63, 3.8) is 0 Å². The summed E-state index contributed by atoms with van der Waals surface area (Å²) in [7, 11) is 4.89. The molecule has 0 aliphatic rings. The fourth-order valence-corrected chi connectivity index (χ4v) is 3.67. The van der Waals surface area contributed by atoms with E-state index >= 15 is 0 Å². The van der Waals surface area contributed by atoms with Crippen molar-refractivity contribution >= 4 is 16.7 Å². The van der Waals surface area contributed by atoms with Gasteiger partial charge in [0, 0.05) is 23.1 Å². The highest BCUT2D eigenvalue weighted by atomic mass is 16.5. The molecule has 2 heterocycles. The lowest BCUT2D eigenvalue weighted by molar-refractivity contribution is 0.399. The number of aromatic nitrogens is 4. The van der Waals surface area contributed by atoms with Crippen molar-refractivity contribution in [2.45, 2.75) is 6.54 Å². The van der Waals surface area contributed by atoms with Crippen molar-refractivity contribution < 1.29 is 18.6 Å². The van der Waals surface area contributed by atoms with Crippen LogP contribution in [0.1, 0.15) is 5.56 Å². The standard InChI is InChI=1S/C26H23N5O4/c1-32-18-10-8-16(9-11-18)25-30-31-26(35-25)24-28-21-7-5-4-6-20(21)23(29-24)27-15-17-14-19(33-2)12-13-22(17)34-3/h4-14H,15H2,1-3H3,(H,27,28,29). The second kappa shape index (κ2) is 9.68. The minimum Gasteiger partial charge on any atom is -0.497 e. The Balaban J connectivity index is 1.48. The summed E-state index contributed by atoms with van der Waals surface area (Å²) in [5.41, 5.74) is 2.45. The first-order valence-electron chi connectivity index (χ1n) is 10.9. The largest absolute Gasteiger partial charge is 0.497 e. The molecule has 176 valence electrons. The van der Waals surface area contributed by atoms with Gasteiger partial charge in [-0.1, -0.05) is 12.1 Å². The van der Waals surface area contributed by atoms with E-state index in [1.54, 1.807) is 21.3 Å². The van der Waals surface area contributed by atoms with Gasteiger partial charge in [-0.05, 0) is 54.6 Å². The third-order valence-corrected chi connectivity index (χ3v) is 5.49. The smallest absolute Gasteiger partial charge is 0.286 e. The van der Waals surface area contributed by atoms with Crippen LogP contribution in [0.5, 0.6) is 17.2 Å². The van der Waals surface area contributed by atoms with Gasteiger partial charge in [0.05, 0.1) is 26.8 Å². The van der Waals surface area contributed by atoms with Crippen LogP contribution in [0.25, 0.3) is 34.1 Å². The Morgan fingerprint density at radius 2 is 1.51 bits per heavy atom. The van der Waals surface area contributed by atoms with Gasteiger partial charge >= 0.3 is 0 Å². The number of nitrogens with zero attached hydrogens (tertiary/aromatic N) is 4. The highest BCUT2D eigenvalue weighted by Crippen LogP contribution is 2.29. The van der Waals surface area contributed by atoms with Crippen LogP contribution in [0.2, 0.25) is 0 Å². The summed E-state index contributed by atoms with van der Waals surface area (Å²) in [5, 5.41) is 12.6. The molecule has 2 aromatic heterocycles. The molecule has 0 saturated heterocycles. The molecule has 0 saturated carbocycles. The van der Waals surface area contributed by atoms with Crippen molar-refractivity contribution in [1.29, 1.82) is 0 Å². The number of rotatable bonds is 8. The number of benzene rings is 3. The lowest BCUT2D eigenvalue weighted by atomic mass is 10.1. The Morgan fingerprint density at radius 3 is 2.29 bits per heavy atom. The molecule has 0 spiro atoms. The number of fused-ring (bicyclic) bond motifs is 1. The molecule has 1 N–H and O–H groups in total. The predicted molar refractivity (Wildman–Crippen MR) is 132 cm³/mol. The fourth-order valence-electron chi connectivity index (χ4n) is 3.67. The number of anilines is 1. The average molecular weight is 470 g/mol. The highest BCUT2D eigenvalue weighted by Gasteiger charge is 2.17. The van der Waals surface area contributed by atoms with Crippen LogP contribution < -0.4 is 19.5 Å². The first kappa shape index (κ1) is 22.1. The molecule has 35 heavy (non-hydrogen) atoms. The first-order chi connectivity index (χ1) is 17.2. The molecule has 0 bridgehead atoms. The lowest BCUT2D eigenvalue weighted by Gasteiger charge is -2.13. The Morgan fingerprint density at radius 1 is 0.771 bits per heavy atom. The molecule has 5 aromatic rings. The Labute approximate surface area is 201 Å². The molecule has 0 unspecified atom stereocenters. The maximum Gasteiger partial charge on any atom is 0.286 e. The second-order valence-electron chi connectivity index (χ2n) is 7.59. The number of ether oxygens (including phenoxy) is 3. The summed E-state index contributed by atoms with van der Waals surface area (Å²) in [4.78, 5) is 9.35. The monoisotopic (exact) mass is 469 g/mol. The van der Waals surface area contributed by atoms with Gasteiger partial charge in [-0.2, -0.15) is 0 Å². The Kier molecular flexibility index (Phi) is 6.13. The number of para-hydroxylation sites is 1. The lowest BCUT2D eigenvalue weighted by Crippen LogP contribution is -2.06. The second-order valence-corrected chi connectivity index (χ2v) is 7.59. The molecular formula is C26H23N5O4. The van der Waals surface area contributed by atoms with Gasteiger partial charge in [-0.25, -0.2) is 9.97 Å². The zero-order valence-corrected chi connectivity index (χ0v) is 19.5. The molecule has 0 fully saturated rings. The van der Waals surface area contributed by atoms with Gasteiger partial charge in [0.2, 0.25) is 11.7 Å². The van der Waals surface area contributed by atoms with E-state index in [0.717, 1.165) is 39.3 Å². The van der Waals surface area contributed by atoms with Gasteiger partial charge in [0.15, 0.2) is 0 Å². The first-order valence-corrected chi connectivity index (χ1v) is 10.9. The summed E-state index contributed by atoms with van der Waals surface area (Å²) in [6.07, 6.45) is 0. The van der Waals surface area contributed by atoms with Gasteiger partial charge < -0.3 is 23.9 Å². The van der Waals surface area contributed by atoms with E-state index in [0.29, 0.717) is 24.1 Å². The highest BCUT2D eigenvalue weighted by molar-refractivity contribution is 5.90. The van der Waals surface area contributed by atoms with Crippen LogP contribution in [-0.2, 0) is 6.54 Å². The molecule has 0 aliphatic heterocycles. The zero-order valence-electron chi connectivity index (χ0n) is 19.5. The minimum atomic E-state index is 0.226. The molecule has 3 aromatic carbocycles. The van der Waals surface area contributed by atoms with Gasteiger partial charge in [-0.15, -0.1) is 10.2 Å². The van der Waals surface area contributed by atoms with Crippen molar-refractivity contribution in [3.8, 4) is 40.4 Å². The minimum absolute atomic E-state index is 0.226. The topological polar surface area (TPSA) is 104 Å². The van der Waals surface area contributed by atoms with Crippen LogP contribution in [0.15, 0.2) is 71.1 Å². The molecule has 5 rings (SSSR count). The molecule has 0 radical (unpaired) electrons. The van der Waals surface area contributed by atoms with Gasteiger partial charge in [-0.3, -0.25) is 0 Å². The number of methoxy groups -OCH3 is 3. The maximum atomic E-state index is 5.91. The van der Waals surface area contributed by atoms with E-state index in [1.807, 2.05) is 66.7 Å². The van der Waals surface area contributed by atoms with Gasteiger partial charge in [0.1, 0.15) is 23.1 Å². The van der Waals surface area contributed by atoms with E-state index in [2.05, 4.69) is 20.5 Å². The van der Waals surface area contributed by atoms with Crippen molar-refractivity contribution in [2.75, 3.05) is 26.6 Å². The number of nitrogens with one attached hydrogen (secondary N) is 1. The molecular weight excluding hydrogens is 446 g/mol. The van der Waals surface area contributed by atoms with Crippen LogP contribution in [0.4, 0.5) is 5.82 Å². The molecule has 9 nitrogen and oxygen atoms in total. The van der Waals surface area contributed by atoms with E-state index in [4.69, 9.17) is 23.6 Å². The predicted octanol–water partition coefficient (Wildman–Crippen LogP) is 4.98. The summed E-state index contributed by atoms with van der Waals surface area (Å²) in [6, 6.07) is 20.8. The molecule has 9 heteroatoms. The van der Waals surface area contributed by atoms with E-state index in [1.165, 1.54) is 0 Å². The summed E-state index contributed by atoms with van der Waals surface area (Å²) in [6.45, 7) is 0.460. The van der Waals surface area contributed by atoms with Crippen LogP contribution in [0.3, 0.4) is 0 Å². The Hall–Kier alpha value is -4.66. The van der Waals surface area contributed by atoms with E-state index in [-0.39, 0.29) is 5.89 Å². The summed E-state index contributed by atoms with van der Waals surface area (Å²) < 4.78 is 22.0. The van der Waals surface area contributed by atoms with Crippen molar-refractivity contribution in [3.05, 3.63) is 72.3 Å². The normalized spacial score (nSPS) is 10.8. The zero-order chi connectivity index (χ0) is 24.2. The summed E-state index contributed by atoms with van der Waals surface area (Å²) >= 11 is 0. The quantitative estimate of drug-likeness (QED) is 0.337. The van der Waals surface area contributed by atoms with Crippen LogP contribution >= 0.6 is 0 Å². The SMILES string of the molecule is COc1ccc(-c2nnc(-c3nc(NCc4cc(OC)ccc4OC)c4ccccc4n3)o2)cc1.